The molecule has 13 heavy (non-hydrogen) atoms. The number of hydrogen-bond donors (Lipinski definition) is 2. The first-order valence-electron chi connectivity index (χ1n) is 5.67. The zero-order valence-electron chi connectivity index (χ0n) is 8.02. The second-order valence-corrected chi connectivity index (χ2v) is 5.50. The van der Waals surface area contributed by atoms with Crippen molar-refractivity contribution in [3.05, 3.63) is 0 Å². The summed E-state index contributed by atoms with van der Waals surface area (Å²) in [5, 5.41) is 9.56. The zero-order valence-corrected chi connectivity index (χ0v) is 8.02. The van der Waals surface area contributed by atoms with Crippen LogP contribution in [0.4, 0.5) is 0 Å². The molecule has 0 aromatic heterocycles. The van der Waals surface area contributed by atoms with Gasteiger partial charge in [0.05, 0.1) is 0 Å². The molecule has 4 saturated carbocycles. The average molecular weight is 181 g/mol. The lowest BCUT2D eigenvalue weighted by Crippen LogP contribution is -2.51. The summed E-state index contributed by atoms with van der Waals surface area (Å²) in [4.78, 5) is 0. The second kappa shape index (κ2) is 2.71. The van der Waals surface area contributed by atoms with Crippen LogP contribution in [0.15, 0.2) is 0 Å². The van der Waals surface area contributed by atoms with Crippen molar-refractivity contribution >= 4 is 0 Å². The van der Waals surface area contributed by atoms with Gasteiger partial charge in [0.15, 0.2) is 0 Å². The van der Waals surface area contributed by atoms with E-state index in [1.54, 1.807) is 0 Å². The Hall–Kier alpha value is -0.0800. The lowest BCUT2D eigenvalue weighted by molar-refractivity contribution is -0.0872. The molecular formula is C11H19NO. The number of rotatable bonds is 1. The average Bonchev–Trinajstić information content (AvgIpc) is 2.00. The molecule has 4 fully saturated rings. The van der Waals surface area contributed by atoms with Crippen molar-refractivity contribution in [3.8, 4) is 0 Å². The van der Waals surface area contributed by atoms with Crippen LogP contribution in [0.2, 0.25) is 0 Å². The summed E-state index contributed by atoms with van der Waals surface area (Å²) < 4.78 is 0. The Morgan fingerprint density at radius 2 is 1.38 bits per heavy atom. The molecule has 4 rings (SSSR count). The zero-order chi connectivity index (χ0) is 9.00. The van der Waals surface area contributed by atoms with E-state index in [2.05, 4.69) is 0 Å². The molecule has 0 saturated heterocycles. The van der Waals surface area contributed by atoms with E-state index in [-0.39, 0.29) is 0 Å². The highest BCUT2D eigenvalue weighted by atomic mass is 16.3. The van der Waals surface area contributed by atoms with Crippen LogP contribution in [0.3, 0.4) is 0 Å². The number of hydrogen-bond acceptors (Lipinski definition) is 2. The number of aliphatic hydroxyl groups excluding tert-OH is 1. The van der Waals surface area contributed by atoms with E-state index < -0.39 is 6.23 Å². The maximum atomic E-state index is 9.56. The SMILES string of the molecule is NC(O)C1C2CC3CC(C2)CC1C3. The number of nitrogens with two attached hydrogens (primary N) is 1. The van der Waals surface area contributed by atoms with Gasteiger partial charge >= 0.3 is 0 Å². The maximum absolute atomic E-state index is 9.56. The summed E-state index contributed by atoms with van der Waals surface area (Å²) in [5.74, 6) is 3.93. The smallest absolute Gasteiger partial charge is 0.105 e. The van der Waals surface area contributed by atoms with E-state index in [0.29, 0.717) is 5.92 Å². The Morgan fingerprint density at radius 3 is 1.77 bits per heavy atom. The van der Waals surface area contributed by atoms with E-state index in [4.69, 9.17) is 5.73 Å². The molecule has 0 radical (unpaired) electrons. The van der Waals surface area contributed by atoms with Crippen molar-refractivity contribution in [1.29, 1.82) is 0 Å². The molecule has 4 bridgehead atoms. The van der Waals surface area contributed by atoms with Crippen molar-refractivity contribution in [2.75, 3.05) is 0 Å². The molecule has 2 nitrogen and oxygen atoms in total. The third-order valence-corrected chi connectivity index (χ3v) is 4.69. The Balaban J connectivity index is 1.85. The van der Waals surface area contributed by atoms with Crippen molar-refractivity contribution in [3.63, 3.8) is 0 Å². The normalized spacial score (nSPS) is 55.4. The highest BCUT2D eigenvalue weighted by molar-refractivity contribution is 4.99. The molecule has 0 aromatic rings. The van der Waals surface area contributed by atoms with Gasteiger partial charge < -0.3 is 10.8 Å². The third-order valence-electron chi connectivity index (χ3n) is 4.69. The highest BCUT2D eigenvalue weighted by Gasteiger charge is 2.49. The minimum Gasteiger partial charge on any atom is -0.379 e. The van der Waals surface area contributed by atoms with Crippen LogP contribution in [0, 0.1) is 29.6 Å². The molecule has 3 N–H and O–H groups in total. The Bertz CT molecular complexity index is 186. The number of aliphatic hydroxyl groups is 1. The maximum Gasteiger partial charge on any atom is 0.105 e. The fraction of sp³-hybridized carbons (Fsp3) is 1.00. The van der Waals surface area contributed by atoms with Gasteiger partial charge in [0, 0.05) is 5.92 Å². The first-order chi connectivity index (χ1) is 6.24. The fourth-order valence-corrected chi connectivity index (χ4v) is 4.52. The monoisotopic (exact) mass is 181 g/mol. The molecule has 74 valence electrons. The van der Waals surface area contributed by atoms with Gasteiger partial charge in [-0.25, -0.2) is 0 Å². The van der Waals surface area contributed by atoms with E-state index in [0.717, 1.165) is 23.7 Å². The van der Waals surface area contributed by atoms with E-state index in [1.165, 1.54) is 32.1 Å². The van der Waals surface area contributed by atoms with Crippen molar-refractivity contribution in [2.24, 2.45) is 35.3 Å². The van der Waals surface area contributed by atoms with E-state index in [9.17, 15) is 5.11 Å². The topological polar surface area (TPSA) is 46.2 Å². The predicted octanol–water partition coefficient (Wildman–Crippen LogP) is 1.34. The predicted molar refractivity (Wildman–Crippen MR) is 50.7 cm³/mol. The fourth-order valence-electron chi connectivity index (χ4n) is 4.52. The van der Waals surface area contributed by atoms with Crippen LogP contribution < -0.4 is 5.73 Å². The molecule has 0 amide bonds. The van der Waals surface area contributed by atoms with Crippen LogP contribution in [0.25, 0.3) is 0 Å². The Labute approximate surface area is 79.5 Å². The van der Waals surface area contributed by atoms with Gasteiger partial charge in [0.2, 0.25) is 0 Å². The molecule has 2 heteroatoms. The minimum absolute atomic E-state index is 0.438. The van der Waals surface area contributed by atoms with Gasteiger partial charge in [0.1, 0.15) is 6.23 Å². The highest BCUT2D eigenvalue weighted by Crippen LogP contribution is 2.56. The first-order valence-corrected chi connectivity index (χ1v) is 5.67. The summed E-state index contributed by atoms with van der Waals surface area (Å²) in [5.41, 5.74) is 5.67. The third kappa shape index (κ3) is 1.15. The van der Waals surface area contributed by atoms with E-state index in [1.807, 2.05) is 0 Å². The first kappa shape index (κ1) is 8.25. The van der Waals surface area contributed by atoms with Crippen LogP contribution in [0.1, 0.15) is 32.1 Å². The second-order valence-electron chi connectivity index (χ2n) is 5.50. The molecule has 0 spiro atoms. The van der Waals surface area contributed by atoms with Crippen molar-refractivity contribution in [1.82, 2.24) is 0 Å². The van der Waals surface area contributed by atoms with Gasteiger partial charge in [-0.15, -0.1) is 0 Å². The standard InChI is InChI=1S/C11H19NO/c12-11(13)10-8-2-6-1-7(4-8)5-9(10)3-6/h6-11,13H,1-5,12H2. The lowest BCUT2D eigenvalue weighted by Gasteiger charge is -2.55. The lowest BCUT2D eigenvalue weighted by atomic mass is 9.51. The van der Waals surface area contributed by atoms with Gasteiger partial charge in [-0.2, -0.15) is 0 Å². The summed E-state index contributed by atoms with van der Waals surface area (Å²) >= 11 is 0. The van der Waals surface area contributed by atoms with Gasteiger partial charge in [-0.3, -0.25) is 0 Å². The van der Waals surface area contributed by atoms with Crippen LogP contribution in [0.5, 0.6) is 0 Å². The largest absolute Gasteiger partial charge is 0.379 e. The van der Waals surface area contributed by atoms with Crippen molar-refractivity contribution < 1.29 is 5.11 Å². The molecule has 1 atom stereocenters. The minimum atomic E-state index is -0.546. The summed E-state index contributed by atoms with van der Waals surface area (Å²) in [6, 6.07) is 0. The van der Waals surface area contributed by atoms with Gasteiger partial charge in [-0.1, -0.05) is 0 Å². The molecular weight excluding hydrogens is 162 g/mol. The van der Waals surface area contributed by atoms with Crippen LogP contribution in [-0.4, -0.2) is 11.3 Å². The molecule has 0 aromatic carbocycles. The molecule has 1 unspecified atom stereocenters. The summed E-state index contributed by atoms with van der Waals surface area (Å²) in [7, 11) is 0. The van der Waals surface area contributed by atoms with Gasteiger partial charge in [0.25, 0.3) is 0 Å². The Morgan fingerprint density at radius 1 is 0.923 bits per heavy atom. The van der Waals surface area contributed by atoms with Gasteiger partial charge in [-0.05, 0) is 55.8 Å². The summed E-state index contributed by atoms with van der Waals surface area (Å²) in [6.45, 7) is 0. The van der Waals surface area contributed by atoms with Crippen molar-refractivity contribution in [2.45, 2.75) is 38.3 Å². The molecule has 4 aliphatic rings. The summed E-state index contributed by atoms with van der Waals surface area (Å²) in [6.07, 6.45) is 6.34. The van der Waals surface area contributed by atoms with Crippen LogP contribution >= 0.6 is 0 Å². The Kier molecular flexibility index (Phi) is 1.72. The van der Waals surface area contributed by atoms with Crippen LogP contribution in [-0.2, 0) is 0 Å². The molecule has 4 aliphatic carbocycles. The molecule has 0 heterocycles. The van der Waals surface area contributed by atoms with E-state index >= 15 is 0 Å². The quantitative estimate of drug-likeness (QED) is 0.600. The molecule has 0 aliphatic heterocycles.